The molecule has 1 aromatic carbocycles. The van der Waals surface area contributed by atoms with Crippen LogP contribution < -0.4 is 0 Å². The highest BCUT2D eigenvalue weighted by Gasteiger charge is 2.38. The summed E-state index contributed by atoms with van der Waals surface area (Å²) in [5.74, 6) is 0. The second kappa shape index (κ2) is 7.33. The van der Waals surface area contributed by atoms with Gasteiger partial charge in [0.25, 0.3) is 0 Å². The molecule has 0 saturated carbocycles. The van der Waals surface area contributed by atoms with E-state index in [-0.39, 0.29) is 0 Å². The molecule has 130 valence electrons. The highest BCUT2D eigenvalue weighted by molar-refractivity contribution is 6.36. The Labute approximate surface area is 150 Å². The summed E-state index contributed by atoms with van der Waals surface area (Å²) in [5, 5.41) is 1.95. The van der Waals surface area contributed by atoms with Gasteiger partial charge < -0.3 is 9.88 Å². The van der Waals surface area contributed by atoms with Gasteiger partial charge in [0.15, 0.2) is 0 Å². The van der Waals surface area contributed by atoms with E-state index >= 15 is 0 Å². The first-order valence-corrected chi connectivity index (χ1v) is 9.71. The first-order chi connectivity index (χ1) is 11.7. The molecule has 5 rings (SSSR count). The van der Waals surface area contributed by atoms with Crippen LogP contribution >= 0.6 is 11.6 Å². The molecule has 0 radical (unpaired) electrons. The molecule has 0 aliphatic carbocycles. The number of benzene rings is 1. The Morgan fingerprint density at radius 1 is 1.21 bits per heavy atom. The third-order valence-corrected chi connectivity index (χ3v) is 6.18. The molecular formula is C21H29ClN2. The number of rotatable bonds is 4. The van der Waals surface area contributed by atoms with Crippen molar-refractivity contribution in [2.45, 2.75) is 46.0 Å². The van der Waals surface area contributed by atoms with E-state index in [1.807, 2.05) is 26.0 Å². The van der Waals surface area contributed by atoms with Crippen molar-refractivity contribution < 1.29 is 0 Å². The Morgan fingerprint density at radius 3 is 2.54 bits per heavy atom. The van der Waals surface area contributed by atoms with Crippen LogP contribution in [-0.2, 0) is 0 Å². The van der Waals surface area contributed by atoms with Gasteiger partial charge in [-0.3, -0.25) is 0 Å². The lowest BCUT2D eigenvalue weighted by Crippen LogP contribution is -2.48. The number of halogens is 1. The molecule has 2 nitrogen and oxygen atoms in total. The number of allylic oxidation sites excluding steroid dienone is 1. The number of nitrogens with zero attached hydrogens (tertiary/aromatic N) is 1. The van der Waals surface area contributed by atoms with Gasteiger partial charge in [0.1, 0.15) is 0 Å². The monoisotopic (exact) mass is 344 g/mol. The average molecular weight is 345 g/mol. The van der Waals surface area contributed by atoms with E-state index in [0.29, 0.717) is 5.41 Å². The molecule has 3 saturated heterocycles. The summed E-state index contributed by atoms with van der Waals surface area (Å²) < 4.78 is 0. The standard InChI is InChI=1S/C19H23ClN2.C2H6/c1-14(5-6-19-7-10-22(11-8-19)12-9-19)15-13-21-17-4-2-3-16(20)18(15)17;1-2/h2-4,13,21H,1,5-12H2;1-2H3. The second-order valence-corrected chi connectivity index (χ2v) is 7.47. The zero-order valence-electron chi connectivity index (χ0n) is 15.0. The van der Waals surface area contributed by atoms with E-state index in [0.717, 1.165) is 22.3 Å². The molecule has 0 amide bonds. The summed E-state index contributed by atoms with van der Waals surface area (Å²) in [5.41, 5.74) is 4.10. The predicted octanol–water partition coefficient (Wildman–Crippen LogP) is 6.13. The maximum Gasteiger partial charge on any atom is 0.0505 e. The molecule has 24 heavy (non-hydrogen) atoms. The van der Waals surface area contributed by atoms with Gasteiger partial charge in [-0.05, 0) is 74.9 Å². The van der Waals surface area contributed by atoms with Gasteiger partial charge in [0, 0.05) is 22.7 Å². The number of piperidine rings is 3. The first-order valence-electron chi connectivity index (χ1n) is 9.33. The summed E-state index contributed by atoms with van der Waals surface area (Å²) >= 11 is 6.39. The fourth-order valence-electron chi connectivity index (χ4n) is 4.24. The van der Waals surface area contributed by atoms with Crippen molar-refractivity contribution in [3.05, 3.63) is 41.6 Å². The normalized spacial score (nSPS) is 25.4. The van der Waals surface area contributed by atoms with Crippen molar-refractivity contribution in [1.82, 2.24) is 9.88 Å². The lowest BCUT2D eigenvalue weighted by molar-refractivity contribution is 0.0211. The molecule has 2 bridgehead atoms. The third-order valence-electron chi connectivity index (χ3n) is 5.87. The molecule has 0 spiro atoms. The minimum atomic E-state index is 0.577. The van der Waals surface area contributed by atoms with Crippen LogP contribution in [0.5, 0.6) is 0 Å². The molecule has 1 aromatic heterocycles. The van der Waals surface area contributed by atoms with Gasteiger partial charge in [-0.15, -0.1) is 0 Å². The van der Waals surface area contributed by atoms with Crippen LogP contribution in [-0.4, -0.2) is 29.5 Å². The molecule has 3 aliphatic heterocycles. The van der Waals surface area contributed by atoms with Crippen LogP contribution in [0.3, 0.4) is 0 Å². The SMILES string of the molecule is C=C(CCC12CCN(CC1)CC2)c1c[nH]c2cccc(Cl)c12.CC. The smallest absolute Gasteiger partial charge is 0.0505 e. The zero-order valence-corrected chi connectivity index (χ0v) is 15.8. The predicted molar refractivity (Wildman–Crippen MR) is 106 cm³/mol. The van der Waals surface area contributed by atoms with E-state index in [9.17, 15) is 0 Å². The molecule has 3 fully saturated rings. The van der Waals surface area contributed by atoms with E-state index < -0.39 is 0 Å². The van der Waals surface area contributed by atoms with Crippen LogP contribution in [0.15, 0.2) is 31.0 Å². The minimum Gasteiger partial charge on any atom is -0.361 e. The van der Waals surface area contributed by atoms with Gasteiger partial charge in [0.2, 0.25) is 0 Å². The number of aromatic nitrogens is 1. The van der Waals surface area contributed by atoms with Crippen molar-refractivity contribution in [2.24, 2.45) is 5.41 Å². The average Bonchev–Trinajstić information content (AvgIpc) is 3.09. The first kappa shape index (κ1) is 17.6. The quantitative estimate of drug-likeness (QED) is 0.707. The summed E-state index contributed by atoms with van der Waals surface area (Å²) in [7, 11) is 0. The molecular weight excluding hydrogens is 316 g/mol. The minimum absolute atomic E-state index is 0.577. The lowest BCUT2D eigenvalue weighted by atomic mass is 9.68. The van der Waals surface area contributed by atoms with Crippen LogP contribution in [0, 0.1) is 5.41 Å². The molecule has 4 heterocycles. The number of aromatic amines is 1. The van der Waals surface area contributed by atoms with Crippen LogP contribution in [0.2, 0.25) is 5.02 Å². The van der Waals surface area contributed by atoms with E-state index in [1.165, 1.54) is 56.5 Å². The number of fused-ring (bicyclic) bond motifs is 4. The van der Waals surface area contributed by atoms with Gasteiger partial charge >= 0.3 is 0 Å². The topological polar surface area (TPSA) is 19.0 Å². The van der Waals surface area contributed by atoms with Gasteiger partial charge in [-0.1, -0.05) is 38.1 Å². The van der Waals surface area contributed by atoms with Crippen molar-refractivity contribution in [1.29, 1.82) is 0 Å². The fourth-order valence-corrected chi connectivity index (χ4v) is 4.52. The Balaban J connectivity index is 0.000000815. The van der Waals surface area contributed by atoms with Gasteiger partial charge in [-0.25, -0.2) is 0 Å². The summed E-state index contributed by atoms with van der Waals surface area (Å²) in [6.45, 7) is 12.3. The van der Waals surface area contributed by atoms with Crippen molar-refractivity contribution in [3.8, 4) is 0 Å². The van der Waals surface area contributed by atoms with E-state index in [1.54, 1.807) is 0 Å². The Morgan fingerprint density at radius 2 is 1.88 bits per heavy atom. The van der Waals surface area contributed by atoms with Crippen molar-refractivity contribution in [3.63, 3.8) is 0 Å². The molecule has 1 N–H and O–H groups in total. The highest BCUT2D eigenvalue weighted by atomic mass is 35.5. The van der Waals surface area contributed by atoms with Crippen LogP contribution in [0.25, 0.3) is 16.5 Å². The number of hydrogen-bond donors (Lipinski definition) is 1. The van der Waals surface area contributed by atoms with Gasteiger partial charge in [0.05, 0.1) is 5.02 Å². The number of nitrogens with one attached hydrogen (secondary N) is 1. The van der Waals surface area contributed by atoms with Crippen LogP contribution in [0.4, 0.5) is 0 Å². The zero-order chi connectivity index (χ0) is 17.2. The Bertz CT molecular complexity index is 694. The molecule has 0 atom stereocenters. The summed E-state index contributed by atoms with van der Waals surface area (Å²) in [6.07, 6.45) is 8.54. The van der Waals surface area contributed by atoms with Crippen molar-refractivity contribution in [2.75, 3.05) is 19.6 Å². The Kier molecular flexibility index (Phi) is 5.36. The maximum atomic E-state index is 6.39. The molecule has 0 unspecified atom stereocenters. The van der Waals surface area contributed by atoms with Crippen molar-refractivity contribution >= 4 is 28.1 Å². The highest BCUT2D eigenvalue weighted by Crippen LogP contribution is 2.45. The molecule has 2 aromatic rings. The Hall–Kier alpha value is -1.25. The fraction of sp³-hybridized carbons (Fsp3) is 0.524. The summed E-state index contributed by atoms with van der Waals surface area (Å²) in [6, 6.07) is 6.03. The number of H-pyrrole nitrogens is 1. The summed E-state index contributed by atoms with van der Waals surface area (Å²) in [4.78, 5) is 5.93. The molecule has 3 aliphatic rings. The lowest BCUT2D eigenvalue weighted by Gasteiger charge is -2.48. The molecule has 3 heteroatoms. The van der Waals surface area contributed by atoms with Crippen LogP contribution in [0.1, 0.15) is 51.5 Å². The van der Waals surface area contributed by atoms with Gasteiger partial charge in [-0.2, -0.15) is 0 Å². The third kappa shape index (κ3) is 3.27. The second-order valence-electron chi connectivity index (χ2n) is 7.06. The largest absolute Gasteiger partial charge is 0.361 e. The number of hydrogen-bond acceptors (Lipinski definition) is 1. The maximum absolute atomic E-state index is 6.39. The van der Waals surface area contributed by atoms with E-state index in [4.69, 9.17) is 11.6 Å². The van der Waals surface area contributed by atoms with E-state index in [2.05, 4.69) is 28.7 Å².